The van der Waals surface area contributed by atoms with Gasteiger partial charge in [-0.15, -0.1) is 17.3 Å². The Hall–Kier alpha value is -3.82. The van der Waals surface area contributed by atoms with Crippen LogP contribution in [0.5, 0.6) is 11.5 Å². The van der Waals surface area contributed by atoms with Crippen molar-refractivity contribution in [2.75, 3.05) is 7.11 Å². The Morgan fingerprint density at radius 3 is 2.70 bits per heavy atom. The molecule has 4 rings (SSSR count). The zero-order chi connectivity index (χ0) is 23.2. The first-order valence-electron chi connectivity index (χ1n) is 10.4. The molecule has 2 aromatic carbocycles. The normalized spacial score (nSPS) is 11.5. The molecule has 0 aliphatic rings. The molecule has 33 heavy (non-hydrogen) atoms. The van der Waals surface area contributed by atoms with E-state index in [0.717, 1.165) is 39.1 Å². The fraction of sp³-hybridized carbons (Fsp3) is 0.185. The van der Waals surface area contributed by atoms with Crippen LogP contribution < -0.4 is 9.47 Å². The number of rotatable bonds is 8. The van der Waals surface area contributed by atoms with Crippen molar-refractivity contribution in [2.45, 2.75) is 25.9 Å². The van der Waals surface area contributed by atoms with Crippen LogP contribution in [0.4, 0.5) is 0 Å². The van der Waals surface area contributed by atoms with E-state index in [0.29, 0.717) is 6.61 Å². The van der Waals surface area contributed by atoms with Gasteiger partial charge in [-0.2, -0.15) is 0 Å². The number of pyridine rings is 1. The maximum absolute atomic E-state index is 11.1. The molecule has 6 heteroatoms. The number of benzene rings is 2. The highest BCUT2D eigenvalue weighted by atomic mass is 32.1. The molecule has 0 bridgehead atoms. The highest BCUT2D eigenvalue weighted by molar-refractivity contribution is 7.17. The topological polar surface area (TPSA) is 68.7 Å². The van der Waals surface area contributed by atoms with Crippen molar-refractivity contribution in [2.24, 2.45) is 0 Å². The number of hydrogen-bond acceptors (Lipinski definition) is 5. The summed E-state index contributed by atoms with van der Waals surface area (Å²) in [5, 5.41) is 12.4. The number of nitrogens with zero attached hydrogens (tertiary/aromatic N) is 1. The highest BCUT2D eigenvalue weighted by Gasteiger charge is 2.14. The highest BCUT2D eigenvalue weighted by Crippen LogP contribution is 2.38. The van der Waals surface area contributed by atoms with E-state index in [1.165, 1.54) is 4.70 Å². The first-order chi connectivity index (χ1) is 16.1. The second-order valence-electron chi connectivity index (χ2n) is 7.46. The number of aromatic nitrogens is 1. The van der Waals surface area contributed by atoms with Crippen molar-refractivity contribution in [1.82, 2.24) is 4.98 Å². The van der Waals surface area contributed by atoms with E-state index in [4.69, 9.17) is 14.6 Å². The van der Waals surface area contributed by atoms with Crippen molar-refractivity contribution in [3.63, 3.8) is 0 Å². The van der Waals surface area contributed by atoms with Gasteiger partial charge in [-0.25, -0.2) is 0 Å². The van der Waals surface area contributed by atoms with Gasteiger partial charge in [0.25, 0.3) is 0 Å². The van der Waals surface area contributed by atoms with Crippen LogP contribution in [0.15, 0.2) is 66.3 Å². The summed E-state index contributed by atoms with van der Waals surface area (Å²) in [6.07, 6.45) is 3.53. The molecular formula is C27H23NO4S. The Kier molecular flexibility index (Phi) is 6.92. The van der Waals surface area contributed by atoms with E-state index in [1.54, 1.807) is 31.6 Å². The van der Waals surface area contributed by atoms with Gasteiger partial charge >= 0.3 is 5.97 Å². The van der Waals surface area contributed by atoms with Gasteiger partial charge < -0.3 is 14.6 Å². The fourth-order valence-corrected chi connectivity index (χ4v) is 4.64. The van der Waals surface area contributed by atoms with Gasteiger partial charge in [-0.3, -0.25) is 9.78 Å². The summed E-state index contributed by atoms with van der Waals surface area (Å²) in [5.74, 6) is 6.10. The standard InChI is InChI=1S/C27H23NO4S/c1-3-4-20(14-27(29)30)19-6-8-21(9-7-19)32-16-18-5-10-26-22(13-18)24(17-33-26)23-15-28-12-11-25(23)31-2/h5-13,15,17,20H,14,16H2,1-2H3,(H,29,30). The van der Waals surface area contributed by atoms with Crippen molar-refractivity contribution >= 4 is 27.4 Å². The number of aliphatic carboxylic acids is 1. The average molecular weight is 458 g/mol. The van der Waals surface area contributed by atoms with E-state index < -0.39 is 5.97 Å². The van der Waals surface area contributed by atoms with Gasteiger partial charge in [0.1, 0.15) is 18.1 Å². The zero-order valence-corrected chi connectivity index (χ0v) is 19.2. The predicted octanol–water partition coefficient (Wildman–Crippen LogP) is 6.13. The maximum Gasteiger partial charge on any atom is 0.304 e. The molecule has 5 nitrogen and oxygen atoms in total. The number of thiophene rings is 1. The number of ether oxygens (including phenoxy) is 2. The number of methoxy groups -OCH3 is 1. The Balaban J connectivity index is 1.52. The maximum atomic E-state index is 11.1. The molecule has 1 atom stereocenters. The minimum atomic E-state index is -0.866. The first-order valence-corrected chi connectivity index (χ1v) is 11.3. The zero-order valence-electron chi connectivity index (χ0n) is 18.4. The summed E-state index contributed by atoms with van der Waals surface area (Å²) >= 11 is 1.69. The third kappa shape index (κ3) is 5.16. The summed E-state index contributed by atoms with van der Waals surface area (Å²) in [7, 11) is 1.66. The van der Waals surface area contributed by atoms with Crippen molar-refractivity contribution in [3.05, 3.63) is 77.4 Å². The quantitative estimate of drug-likeness (QED) is 0.322. The number of carboxylic acids is 1. The monoisotopic (exact) mass is 457 g/mol. The molecule has 2 aromatic heterocycles. The first kappa shape index (κ1) is 22.4. The Bertz CT molecular complexity index is 1330. The molecule has 0 fully saturated rings. The predicted molar refractivity (Wildman–Crippen MR) is 131 cm³/mol. The minimum absolute atomic E-state index is 0.0221. The van der Waals surface area contributed by atoms with Crippen LogP contribution in [0.3, 0.4) is 0 Å². The molecular weight excluding hydrogens is 434 g/mol. The third-order valence-corrected chi connectivity index (χ3v) is 6.28. The van der Waals surface area contributed by atoms with Gasteiger partial charge in [0.2, 0.25) is 0 Å². The van der Waals surface area contributed by atoms with Crippen molar-refractivity contribution in [3.8, 4) is 34.5 Å². The van der Waals surface area contributed by atoms with E-state index in [1.807, 2.05) is 36.5 Å². The molecule has 0 aliphatic heterocycles. The molecule has 4 aromatic rings. The largest absolute Gasteiger partial charge is 0.496 e. The molecule has 0 saturated heterocycles. The van der Waals surface area contributed by atoms with Crippen molar-refractivity contribution < 1.29 is 19.4 Å². The number of carbonyl (C=O) groups is 1. The smallest absolute Gasteiger partial charge is 0.304 e. The SMILES string of the molecule is CC#CC(CC(=O)O)c1ccc(OCc2ccc3scc(-c4cnccc4OC)c3c2)cc1. The molecule has 166 valence electrons. The second-order valence-corrected chi connectivity index (χ2v) is 8.37. The summed E-state index contributed by atoms with van der Waals surface area (Å²) < 4.78 is 12.7. The molecule has 1 unspecified atom stereocenters. The third-order valence-electron chi connectivity index (χ3n) is 5.31. The van der Waals surface area contributed by atoms with Gasteiger partial charge in [0.15, 0.2) is 0 Å². The molecule has 1 N–H and O–H groups in total. The lowest BCUT2D eigenvalue weighted by Crippen LogP contribution is -2.04. The number of fused-ring (bicyclic) bond motifs is 1. The summed E-state index contributed by atoms with van der Waals surface area (Å²) in [4.78, 5) is 15.4. The molecule has 0 spiro atoms. The summed E-state index contributed by atoms with van der Waals surface area (Å²) in [5.41, 5.74) is 3.97. The van der Waals surface area contributed by atoms with E-state index >= 15 is 0 Å². The summed E-state index contributed by atoms with van der Waals surface area (Å²) in [6, 6.07) is 15.6. The number of carboxylic acid groups (broad SMARTS) is 1. The molecule has 0 aliphatic carbocycles. The van der Waals surface area contributed by atoms with E-state index in [9.17, 15) is 4.79 Å². The van der Waals surface area contributed by atoms with Crippen LogP contribution in [-0.4, -0.2) is 23.2 Å². The molecule has 0 amide bonds. The van der Waals surface area contributed by atoms with E-state index in [2.05, 4.69) is 40.4 Å². The molecule has 2 heterocycles. The van der Waals surface area contributed by atoms with Crippen LogP contribution in [0, 0.1) is 11.8 Å². The van der Waals surface area contributed by atoms with Crippen LogP contribution in [0.25, 0.3) is 21.2 Å². The van der Waals surface area contributed by atoms with Gasteiger partial charge in [0.05, 0.1) is 19.4 Å². The number of hydrogen-bond donors (Lipinski definition) is 1. The Morgan fingerprint density at radius 1 is 1.15 bits per heavy atom. The summed E-state index contributed by atoms with van der Waals surface area (Å²) in [6.45, 7) is 2.13. The van der Waals surface area contributed by atoms with Crippen LogP contribution in [0.1, 0.15) is 30.4 Å². The lowest BCUT2D eigenvalue weighted by molar-refractivity contribution is -0.137. The van der Waals surface area contributed by atoms with Crippen LogP contribution >= 0.6 is 11.3 Å². The second kappa shape index (κ2) is 10.2. The van der Waals surface area contributed by atoms with Gasteiger partial charge in [-0.1, -0.05) is 24.1 Å². The molecule has 0 radical (unpaired) electrons. The van der Waals surface area contributed by atoms with Crippen LogP contribution in [-0.2, 0) is 11.4 Å². The fourth-order valence-electron chi connectivity index (χ4n) is 3.70. The molecule has 0 saturated carbocycles. The minimum Gasteiger partial charge on any atom is -0.496 e. The Labute approximate surface area is 196 Å². The lowest BCUT2D eigenvalue weighted by atomic mass is 9.96. The van der Waals surface area contributed by atoms with Crippen LogP contribution in [0.2, 0.25) is 0 Å². The van der Waals surface area contributed by atoms with Gasteiger partial charge in [-0.05, 0) is 53.8 Å². The lowest BCUT2D eigenvalue weighted by Gasteiger charge is -2.11. The van der Waals surface area contributed by atoms with Gasteiger partial charge in [0, 0.05) is 33.6 Å². The van der Waals surface area contributed by atoms with Crippen molar-refractivity contribution in [1.29, 1.82) is 0 Å². The average Bonchev–Trinajstić information content (AvgIpc) is 3.25. The Morgan fingerprint density at radius 2 is 1.97 bits per heavy atom. The van der Waals surface area contributed by atoms with E-state index in [-0.39, 0.29) is 12.3 Å².